The first-order chi connectivity index (χ1) is 10.6. The lowest BCUT2D eigenvalue weighted by atomic mass is 10.1. The average molecular weight is 295 g/mol. The molecule has 1 aliphatic rings. The molecule has 7 heteroatoms. The van der Waals surface area contributed by atoms with Crippen LogP contribution in [0.25, 0.3) is 0 Å². The van der Waals surface area contributed by atoms with E-state index in [2.05, 4.69) is 4.98 Å². The van der Waals surface area contributed by atoms with E-state index in [1.54, 1.807) is 0 Å². The fourth-order valence-corrected chi connectivity index (χ4v) is 2.26. The van der Waals surface area contributed by atoms with Crippen LogP contribution in [0.2, 0.25) is 0 Å². The monoisotopic (exact) mass is 295 g/mol. The molecule has 22 heavy (non-hydrogen) atoms. The Morgan fingerprint density at radius 3 is 2.59 bits per heavy atom. The van der Waals surface area contributed by atoms with Gasteiger partial charge in [-0.05, 0) is 30.3 Å². The number of aromatic nitrogens is 1. The van der Waals surface area contributed by atoms with Crippen LogP contribution in [0, 0.1) is 11.3 Å². The number of aromatic hydroxyl groups is 1. The fourth-order valence-electron chi connectivity index (χ4n) is 2.26. The van der Waals surface area contributed by atoms with Gasteiger partial charge in [0, 0.05) is 0 Å². The normalized spacial score (nSPS) is 13.0. The van der Waals surface area contributed by atoms with Gasteiger partial charge in [0.2, 0.25) is 5.88 Å². The van der Waals surface area contributed by atoms with Crippen LogP contribution in [0.3, 0.4) is 0 Å². The van der Waals surface area contributed by atoms with Crippen LogP contribution in [0.5, 0.6) is 11.6 Å². The molecule has 108 valence electrons. The molecular weight excluding hydrogens is 286 g/mol. The molecule has 2 amide bonds. The molecule has 2 aromatic rings. The molecule has 0 fully saturated rings. The Bertz CT molecular complexity index is 854. The molecule has 1 aromatic heterocycles. The van der Waals surface area contributed by atoms with Gasteiger partial charge in [-0.2, -0.15) is 5.26 Å². The number of nitriles is 1. The minimum absolute atomic E-state index is 0.00206. The Morgan fingerprint density at radius 1 is 1.18 bits per heavy atom. The number of imide groups is 1. The molecule has 0 atom stereocenters. The SMILES string of the molecule is COc1nc(C#N)ccc1N1C(=O)c2ccc(O)cc2C1=O. The summed E-state index contributed by atoms with van der Waals surface area (Å²) in [4.78, 5) is 29.7. The van der Waals surface area contributed by atoms with E-state index in [0.29, 0.717) is 0 Å². The van der Waals surface area contributed by atoms with Crippen LogP contribution in [0.1, 0.15) is 26.4 Å². The first-order valence-corrected chi connectivity index (χ1v) is 6.23. The van der Waals surface area contributed by atoms with Crippen molar-refractivity contribution in [3.63, 3.8) is 0 Å². The largest absolute Gasteiger partial charge is 0.508 e. The third kappa shape index (κ3) is 1.86. The predicted octanol–water partition coefficient (Wildman–Crippen LogP) is 1.47. The van der Waals surface area contributed by atoms with Gasteiger partial charge in [0.15, 0.2) is 0 Å². The second kappa shape index (κ2) is 4.86. The smallest absolute Gasteiger partial charge is 0.266 e. The van der Waals surface area contributed by atoms with Gasteiger partial charge in [-0.15, -0.1) is 0 Å². The van der Waals surface area contributed by atoms with Crippen LogP contribution in [0.4, 0.5) is 5.69 Å². The van der Waals surface area contributed by atoms with Crippen LogP contribution < -0.4 is 9.64 Å². The highest BCUT2D eigenvalue weighted by atomic mass is 16.5. The average Bonchev–Trinajstić information content (AvgIpc) is 2.77. The number of ether oxygens (including phenoxy) is 1. The molecular formula is C15H9N3O4. The number of phenolic OH excluding ortho intramolecular Hbond substituents is 1. The number of hydrogen-bond donors (Lipinski definition) is 1. The summed E-state index contributed by atoms with van der Waals surface area (Å²) in [5, 5.41) is 18.3. The van der Waals surface area contributed by atoms with E-state index in [4.69, 9.17) is 10.00 Å². The van der Waals surface area contributed by atoms with Crippen molar-refractivity contribution in [1.82, 2.24) is 4.98 Å². The predicted molar refractivity (Wildman–Crippen MR) is 74.8 cm³/mol. The number of nitrogens with zero attached hydrogens (tertiary/aromatic N) is 3. The number of carbonyl (C=O) groups excluding carboxylic acids is 2. The van der Waals surface area contributed by atoms with E-state index >= 15 is 0 Å². The highest BCUT2D eigenvalue weighted by Crippen LogP contribution is 2.34. The van der Waals surface area contributed by atoms with Crippen LogP contribution in [-0.4, -0.2) is 29.0 Å². The maximum Gasteiger partial charge on any atom is 0.266 e. The number of rotatable bonds is 2. The van der Waals surface area contributed by atoms with E-state index in [1.165, 1.54) is 37.4 Å². The number of phenols is 1. The number of carbonyl (C=O) groups is 2. The minimum Gasteiger partial charge on any atom is -0.508 e. The third-order valence-corrected chi connectivity index (χ3v) is 3.26. The Kier molecular flexibility index (Phi) is 3.00. The van der Waals surface area contributed by atoms with Gasteiger partial charge >= 0.3 is 0 Å². The van der Waals surface area contributed by atoms with Gasteiger partial charge in [-0.1, -0.05) is 0 Å². The van der Waals surface area contributed by atoms with Crippen LogP contribution >= 0.6 is 0 Å². The minimum atomic E-state index is -0.583. The second-order valence-electron chi connectivity index (χ2n) is 4.51. The highest BCUT2D eigenvalue weighted by Gasteiger charge is 2.38. The van der Waals surface area contributed by atoms with Crippen molar-refractivity contribution >= 4 is 17.5 Å². The number of benzene rings is 1. The molecule has 0 unspecified atom stereocenters. The number of anilines is 1. The maximum atomic E-state index is 12.4. The summed E-state index contributed by atoms with van der Waals surface area (Å²) < 4.78 is 5.06. The lowest BCUT2D eigenvalue weighted by molar-refractivity contribution is 0.0925. The van der Waals surface area contributed by atoms with E-state index < -0.39 is 11.8 Å². The fraction of sp³-hybridized carbons (Fsp3) is 0.0667. The lowest BCUT2D eigenvalue weighted by Gasteiger charge is -2.16. The Balaban J connectivity index is 2.14. The Morgan fingerprint density at radius 2 is 1.91 bits per heavy atom. The van der Waals surface area contributed by atoms with Crippen LogP contribution in [0.15, 0.2) is 30.3 Å². The summed E-state index contributed by atoms with van der Waals surface area (Å²) in [6.45, 7) is 0. The number of pyridine rings is 1. The summed E-state index contributed by atoms with van der Waals surface area (Å²) in [5.41, 5.74) is 0.549. The van der Waals surface area contributed by atoms with E-state index in [-0.39, 0.29) is 34.1 Å². The van der Waals surface area contributed by atoms with Gasteiger partial charge in [0.25, 0.3) is 11.8 Å². The Hall–Kier alpha value is -3.40. The first kappa shape index (κ1) is 13.6. The number of fused-ring (bicyclic) bond motifs is 1. The van der Waals surface area contributed by atoms with Gasteiger partial charge in [-0.3, -0.25) is 9.59 Å². The summed E-state index contributed by atoms with van der Waals surface area (Å²) in [6.07, 6.45) is 0. The van der Waals surface area contributed by atoms with Gasteiger partial charge in [0.05, 0.1) is 18.2 Å². The molecule has 0 saturated carbocycles. The van der Waals surface area contributed by atoms with Crippen LogP contribution in [-0.2, 0) is 0 Å². The highest BCUT2D eigenvalue weighted by molar-refractivity contribution is 6.34. The van der Waals surface area contributed by atoms with Crippen molar-refractivity contribution in [2.75, 3.05) is 12.0 Å². The molecule has 2 heterocycles. The Labute approximate surface area is 125 Å². The maximum absolute atomic E-state index is 12.4. The number of amides is 2. The zero-order valence-electron chi connectivity index (χ0n) is 11.4. The molecule has 1 aliphatic heterocycles. The van der Waals surface area contributed by atoms with Crippen molar-refractivity contribution in [1.29, 1.82) is 5.26 Å². The van der Waals surface area contributed by atoms with Gasteiger partial charge in [0.1, 0.15) is 23.2 Å². The summed E-state index contributed by atoms with van der Waals surface area (Å²) >= 11 is 0. The van der Waals surface area contributed by atoms with Crippen molar-refractivity contribution in [3.05, 3.63) is 47.2 Å². The van der Waals surface area contributed by atoms with Crippen molar-refractivity contribution in [2.45, 2.75) is 0 Å². The third-order valence-electron chi connectivity index (χ3n) is 3.26. The molecule has 7 nitrogen and oxygen atoms in total. The summed E-state index contributed by atoms with van der Waals surface area (Å²) in [6, 6.07) is 8.62. The number of hydrogen-bond acceptors (Lipinski definition) is 6. The topological polar surface area (TPSA) is 104 Å². The molecule has 0 bridgehead atoms. The van der Waals surface area contributed by atoms with E-state index in [1.807, 2.05) is 6.07 Å². The van der Waals surface area contributed by atoms with E-state index in [0.717, 1.165) is 4.90 Å². The summed E-state index contributed by atoms with van der Waals surface area (Å²) in [7, 11) is 1.33. The molecule has 0 aliphatic carbocycles. The van der Waals surface area contributed by atoms with Crippen molar-refractivity contribution in [2.24, 2.45) is 0 Å². The van der Waals surface area contributed by atoms with E-state index in [9.17, 15) is 14.7 Å². The quantitative estimate of drug-likeness (QED) is 0.841. The second-order valence-corrected chi connectivity index (χ2v) is 4.51. The molecule has 3 rings (SSSR count). The van der Waals surface area contributed by atoms with Crippen molar-refractivity contribution < 1.29 is 19.4 Å². The zero-order chi connectivity index (χ0) is 15.9. The zero-order valence-corrected chi connectivity index (χ0v) is 11.4. The van der Waals surface area contributed by atoms with Gasteiger partial charge < -0.3 is 9.84 Å². The molecule has 0 radical (unpaired) electrons. The van der Waals surface area contributed by atoms with Crippen molar-refractivity contribution in [3.8, 4) is 17.7 Å². The summed E-state index contributed by atoms with van der Waals surface area (Å²) in [5.74, 6) is -1.23. The number of methoxy groups -OCH3 is 1. The molecule has 0 saturated heterocycles. The lowest BCUT2D eigenvalue weighted by Crippen LogP contribution is -2.30. The molecule has 1 N–H and O–H groups in total. The van der Waals surface area contributed by atoms with Gasteiger partial charge in [-0.25, -0.2) is 9.88 Å². The standard InChI is InChI=1S/C15H9N3O4/c1-22-13-12(5-2-8(7-16)17-13)18-14(20)10-4-3-9(19)6-11(10)15(18)21/h2-6,19H,1H3. The first-order valence-electron chi connectivity index (χ1n) is 6.23. The molecule has 1 aromatic carbocycles. The molecule has 0 spiro atoms.